The first kappa shape index (κ1) is 9.51. The molecule has 2 N–H and O–H groups in total. The van der Waals surface area contributed by atoms with Crippen LogP contribution in [0.3, 0.4) is 0 Å². The van der Waals surface area contributed by atoms with Gasteiger partial charge in [-0.25, -0.2) is 5.16 Å². The van der Waals surface area contributed by atoms with Crippen molar-refractivity contribution in [3.8, 4) is 0 Å². The van der Waals surface area contributed by atoms with Crippen LogP contribution in [0.15, 0.2) is 29.4 Å². The second-order valence-electron chi connectivity index (χ2n) is 3.01. The molecule has 0 aromatic heterocycles. The van der Waals surface area contributed by atoms with Crippen LogP contribution in [0.2, 0.25) is 0 Å². The van der Waals surface area contributed by atoms with Crippen molar-refractivity contribution < 1.29 is 5.16 Å². The van der Waals surface area contributed by atoms with Crippen molar-refractivity contribution in [3.05, 3.63) is 29.5 Å². The molecule has 4 heteroatoms. The molecule has 70 valence electrons. The Hall–Kier alpha value is -1.58. The lowest BCUT2D eigenvalue weighted by atomic mass is 10.1. The molecule has 0 saturated carbocycles. The zero-order valence-electron chi connectivity index (χ0n) is 7.74. The summed E-state index contributed by atoms with van der Waals surface area (Å²) < 4.78 is 0. The number of rotatable bonds is 2. The van der Waals surface area contributed by atoms with Gasteiger partial charge in [0.15, 0.2) is 5.71 Å². The van der Waals surface area contributed by atoms with E-state index < -0.39 is 0 Å². The van der Waals surface area contributed by atoms with Crippen LogP contribution in [0.1, 0.15) is 13.8 Å². The van der Waals surface area contributed by atoms with Crippen LogP contribution in [0.4, 0.5) is 0 Å². The lowest BCUT2D eigenvalue weighted by Crippen LogP contribution is -2.67. The van der Waals surface area contributed by atoms with Gasteiger partial charge in [-0.15, -0.1) is 0 Å². The van der Waals surface area contributed by atoms with Crippen molar-refractivity contribution in [1.82, 2.24) is 5.43 Å². The summed E-state index contributed by atoms with van der Waals surface area (Å²) in [7, 11) is 0. The fourth-order valence-electron chi connectivity index (χ4n) is 0.856. The van der Waals surface area contributed by atoms with Gasteiger partial charge in [0.05, 0.1) is 0 Å². The van der Waals surface area contributed by atoms with E-state index in [9.17, 15) is 5.21 Å². The van der Waals surface area contributed by atoms with E-state index in [1.54, 1.807) is 18.2 Å². The summed E-state index contributed by atoms with van der Waals surface area (Å²) in [6, 6.07) is 0.264. The standard InChI is InChI=1S/C9H13N3O/c1-7(2)10-11-8-5-3-4-6-9(8)12-13/h3-7,10,12H,1-2H3/b11-8-,12-9+. The Morgan fingerprint density at radius 1 is 1.38 bits per heavy atom. The van der Waals surface area contributed by atoms with Gasteiger partial charge in [0.25, 0.3) is 0 Å². The zero-order valence-corrected chi connectivity index (χ0v) is 7.74. The van der Waals surface area contributed by atoms with Crippen LogP contribution >= 0.6 is 0 Å². The summed E-state index contributed by atoms with van der Waals surface area (Å²) in [5.41, 5.74) is 4.00. The minimum Gasteiger partial charge on any atom is -0.625 e. The minimum atomic E-state index is 0.264. The highest BCUT2D eigenvalue weighted by Crippen LogP contribution is 1.93. The van der Waals surface area contributed by atoms with Gasteiger partial charge < -0.3 is 10.6 Å². The molecule has 0 aliphatic heterocycles. The highest BCUT2D eigenvalue weighted by molar-refractivity contribution is 6.48. The summed E-state index contributed by atoms with van der Waals surface area (Å²) in [6.45, 7) is 3.97. The SMILES string of the molecule is CC(C)N/N=C1/C=CC=C/C1=[NH+]\[O-]. The van der Waals surface area contributed by atoms with Crippen molar-refractivity contribution in [2.24, 2.45) is 5.10 Å². The average Bonchev–Trinajstić information content (AvgIpc) is 2.15. The summed E-state index contributed by atoms with van der Waals surface area (Å²) in [6.07, 6.45) is 7.08. The maximum atomic E-state index is 10.5. The fourth-order valence-corrected chi connectivity index (χ4v) is 0.856. The van der Waals surface area contributed by atoms with Crippen LogP contribution in [-0.2, 0) is 0 Å². The van der Waals surface area contributed by atoms with Crippen LogP contribution in [0.5, 0.6) is 0 Å². The number of hydrogen-bond acceptors (Lipinski definition) is 3. The van der Waals surface area contributed by atoms with E-state index >= 15 is 0 Å². The van der Waals surface area contributed by atoms with Gasteiger partial charge in [-0.3, -0.25) is 0 Å². The molecule has 1 aliphatic rings. The molecule has 0 heterocycles. The normalized spacial score (nSPS) is 21.8. The van der Waals surface area contributed by atoms with Crippen molar-refractivity contribution in [2.45, 2.75) is 19.9 Å². The Morgan fingerprint density at radius 3 is 2.69 bits per heavy atom. The molecule has 4 nitrogen and oxygen atoms in total. The van der Waals surface area contributed by atoms with Gasteiger partial charge in [0, 0.05) is 12.1 Å². The van der Waals surface area contributed by atoms with E-state index in [0.29, 0.717) is 11.4 Å². The van der Waals surface area contributed by atoms with E-state index in [0.717, 1.165) is 0 Å². The Bertz CT molecular complexity index is 287. The third-order valence-electron chi connectivity index (χ3n) is 1.46. The molecule has 0 aromatic rings. The highest BCUT2D eigenvalue weighted by Gasteiger charge is 2.09. The predicted octanol–water partition coefficient (Wildman–Crippen LogP) is -0.514. The molecular formula is C9H13N3O. The zero-order chi connectivity index (χ0) is 9.68. The van der Waals surface area contributed by atoms with Crippen molar-refractivity contribution in [1.29, 1.82) is 0 Å². The Morgan fingerprint density at radius 2 is 2.08 bits per heavy atom. The summed E-state index contributed by atoms with van der Waals surface area (Å²) in [5.74, 6) is 0. The lowest BCUT2D eigenvalue weighted by Gasteiger charge is -2.05. The first-order valence-corrected chi connectivity index (χ1v) is 4.17. The molecule has 0 aromatic carbocycles. The number of allylic oxidation sites excluding steroid dienone is 4. The third-order valence-corrected chi connectivity index (χ3v) is 1.46. The van der Waals surface area contributed by atoms with Gasteiger partial charge in [-0.2, -0.15) is 5.10 Å². The monoisotopic (exact) mass is 179 g/mol. The molecule has 0 atom stereocenters. The van der Waals surface area contributed by atoms with Crippen molar-refractivity contribution in [3.63, 3.8) is 0 Å². The lowest BCUT2D eigenvalue weighted by molar-refractivity contribution is -0.369. The first-order chi connectivity index (χ1) is 6.24. The molecule has 0 amide bonds. The smallest absolute Gasteiger partial charge is 0.236 e. The quantitative estimate of drug-likeness (QED) is 0.340. The first-order valence-electron chi connectivity index (χ1n) is 4.17. The van der Waals surface area contributed by atoms with E-state index in [1.165, 1.54) is 0 Å². The van der Waals surface area contributed by atoms with Crippen LogP contribution < -0.4 is 10.6 Å². The number of hydrazone groups is 1. The second kappa shape index (κ2) is 4.45. The molecule has 0 spiro atoms. The van der Waals surface area contributed by atoms with E-state index in [2.05, 4.69) is 10.5 Å². The molecule has 0 bridgehead atoms. The number of nitrogens with zero attached hydrogens (tertiary/aromatic N) is 1. The second-order valence-corrected chi connectivity index (χ2v) is 3.01. The molecule has 1 rings (SSSR count). The maximum absolute atomic E-state index is 10.5. The Labute approximate surface area is 77.3 Å². The van der Waals surface area contributed by atoms with Crippen LogP contribution in [-0.4, -0.2) is 17.5 Å². The number of nitrogens with one attached hydrogen (secondary N) is 2. The Kier molecular flexibility index (Phi) is 3.25. The van der Waals surface area contributed by atoms with Gasteiger partial charge in [0.2, 0.25) is 5.71 Å². The van der Waals surface area contributed by atoms with Crippen molar-refractivity contribution >= 4 is 11.4 Å². The average molecular weight is 179 g/mol. The minimum absolute atomic E-state index is 0.264. The van der Waals surface area contributed by atoms with Crippen LogP contribution in [0, 0.1) is 5.21 Å². The van der Waals surface area contributed by atoms with Gasteiger partial charge in [-0.05, 0) is 19.9 Å². The van der Waals surface area contributed by atoms with Crippen molar-refractivity contribution in [2.75, 3.05) is 0 Å². The molecule has 0 radical (unpaired) electrons. The van der Waals surface area contributed by atoms with E-state index in [4.69, 9.17) is 0 Å². The topological polar surface area (TPSA) is 61.4 Å². The maximum Gasteiger partial charge on any atom is 0.236 e. The summed E-state index contributed by atoms with van der Waals surface area (Å²) >= 11 is 0. The molecule has 13 heavy (non-hydrogen) atoms. The van der Waals surface area contributed by atoms with Crippen LogP contribution in [0.25, 0.3) is 0 Å². The van der Waals surface area contributed by atoms with Gasteiger partial charge in [-0.1, -0.05) is 12.2 Å². The Balaban J connectivity index is 2.73. The van der Waals surface area contributed by atoms with Gasteiger partial charge in [0.1, 0.15) is 0 Å². The third kappa shape index (κ3) is 2.74. The predicted molar refractivity (Wildman–Crippen MR) is 53.3 cm³/mol. The molecule has 1 aliphatic carbocycles. The highest BCUT2D eigenvalue weighted by atomic mass is 16.4. The molecular weight excluding hydrogens is 166 g/mol. The number of hydrogen-bond donors (Lipinski definition) is 2. The fraction of sp³-hybridized carbons (Fsp3) is 0.333. The van der Waals surface area contributed by atoms with E-state index in [-0.39, 0.29) is 6.04 Å². The summed E-state index contributed by atoms with van der Waals surface area (Å²) in [5, 5.41) is 16.4. The van der Waals surface area contributed by atoms with Gasteiger partial charge >= 0.3 is 0 Å². The molecule has 0 unspecified atom stereocenters. The molecule has 0 saturated heterocycles. The summed E-state index contributed by atoms with van der Waals surface area (Å²) in [4.78, 5) is 0. The van der Waals surface area contributed by atoms with E-state index in [1.807, 2.05) is 25.1 Å². The molecule has 0 fully saturated rings. The largest absolute Gasteiger partial charge is 0.625 e.